The van der Waals surface area contributed by atoms with E-state index in [1.54, 1.807) is 51.9 Å². The lowest BCUT2D eigenvalue weighted by atomic mass is 9.92. The molecule has 0 atom stereocenters. The molecule has 3 fully saturated rings. The fourth-order valence-electron chi connectivity index (χ4n) is 10.9. The maximum atomic E-state index is 12.4. The van der Waals surface area contributed by atoms with E-state index in [-0.39, 0.29) is 53.8 Å². The van der Waals surface area contributed by atoms with E-state index in [0.29, 0.717) is 52.0 Å². The number of anilines is 3. The predicted molar refractivity (Wildman–Crippen MR) is 361 cm³/mol. The van der Waals surface area contributed by atoms with Crippen molar-refractivity contribution in [2.75, 3.05) is 80.1 Å². The fourth-order valence-corrected chi connectivity index (χ4v) is 15.4. The van der Waals surface area contributed by atoms with Crippen molar-refractivity contribution in [3.63, 3.8) is 0 Å². The second-order valence-electron chi connectivity index (χ2n) is 23.4. The molecule has 4 N–H and O–H groups in total. The van der Waals surface area contributed by atoms with Crippen LogP contribution in [0.15, 0.2) is 66.8 Å². The Hall–Kier alpha value is -7.19. The molecule has 89 heavy (non-hydrogen) atoms. The highest BCUT2D eigenvalue weighted by molar-refractivity contribution is 7.22. The Kier molecular flexibility index (Phi) is 24.0. The van der Waals surface area contributed by atoms with Gasteiger partial charge in [0.15, 0.2) is 17.3 Å². The molecule has 8 aromatic heterocycles. The van der Waals surface area contributed by atoms with E-state index in [2.05, 4.69) is 65.9 Å². The van der Waals surface area contributed by atoms with Crippen molar-refractivity contribution < 1.29 is 33.6 Å². The molecule has 474 valence electrons. The van der Waals surface area contributed by atoms with Gasteiger partial charge in [-0.2, -0.15) is 0 Å². The number of thiophene rings is 5. The van der Waals surface area contributed by atoms with Crippen LogP contribution in [0.25, 0.3) is 30.6 Å². The summed E-state index contributed by atoms with van der Waals surface area (Å²) < 4.78 is 2.96. The number of hydrogen-bond acceptors (Lipinski definition) is 21. The Morgan fingerprint density at radius 3 is 1.15 bits per heavy atom. The number of amides is 4. The van der Waals surface area contributed by atoms with Crippen LogP contribution in [0.3, 0.4) is 0 Å². The molecule has 0 aromatic carbocycles. The molecule has 3 aliphatic rings. The maximum Gasteiger partial charge on any atom is 0.261 e. The van der Waals surface area contributed by atoms with Crippen LogP contribution in [0.2, 0.25) is 0 Å². The first kappa shape index (κ1) is 67.7. The number of fused-ring (bicyclic) bond motifs is 3. The molecule has 0 unspecified atom stereocenters. The van der Waals surface area contributed by atoms with E-state index in [0.717, 1.165) is 166 Å². The van der Waals surface area contributed by atoms with Gasteiger partial charge in [0.25, 0.3) is 17.7 Å². The smallest absolute Gasteiger partial charge is 0.261 e. The van der Waals surface area contributed by atoms with Gasteiger partial charge < -0.3 is 36.0 Å². The van der Waals surface area contributed by atoms with Gasteiger partial charge in [0.05, 0.1) is 59.9 Å². The van der Waals surface area contributed by atoms with Crippen LogP contribution in [0, 0.1) is 23.2 Å². The normalized spacial score (nSPS) is 14.9. The summed E-state index contributed by atoms with van der Waals surface area (Å²) in [6.45, 7) is 20.6. The van der Waals surface area contributed by atoms with Crippen molar-refractivity contribution in [3.05, 3.63) is 96.1 Å². The topological polar surface area (TPSA) is 255 Å². The zero-order valence-electron chi connectivity index (χ0n) is 50.9. The summed E-state index contributed by atoms with van der Waals surface area (Å²) in [7, 11) is 0. The van der Waals surface area contributed by atoms with Gasteiger partial charge in [-0.15, -0.1) is 56.7 Å². The van der Waals surface area contributed by atoms with E-state index in [1.165, 1.54) is 56.7 Å². The summed E-state index contributed by atoms with van der Waals surface area (Å²) in [4.78, 5) is 121. The number of carbonyl (C=O) groups excluding carboxylic acids is 7. The number of Topliss-reactive ketones (excluding diaryl/α,β-unsaturated/α-hetero) is 3. The highest BCUT2D eigenvalue weighted by Crippen LogP contribution is 2.37. The Balaban J connectivity index is 0.000000173. The molecule has 11 heterocycles. The predicted octanol–water partition coefficient (Wildman–Crippen LogP) is 12.0. The van der Waals surface area contributed by atoms with E-state index in [1.807, 2.05) is 63.4 Å². The maximum absolute atomic E-state index is 12.4. The number of aromatic nitrogens is 6. The average molecular weight is 1300 g/mol. The molecule has 3 aliphatic heterocycles. The third-order valence-electron chi connectivity index (χ3n) is 16.0. The Bertz CT molecular complexity index is 3730. The minimum Gasteiger partial charge on any atom is -0.356 e. The highest BCUT2D eigenvalue weighted by Gasteiger charge is 2.28. The Labute approximate surface area is 540 Å². The summed E-state index contributed by atoms with van der Waals surface area (Å²) in [5.74, 6) is 4.59. The molecule has 4 amide bonds. The standard InChI is InChI=1S/C23H27N5O3S2.C20H22N4O2S2.C20H28N4O2S.CH4/c1-3-24-22(30)17-4-5-18(32-17)23(31)25-9-6-15-7-10-28(11-8-15)21-20-16(26-13-27-21)12-19(33-20)14(2)29;1-13(25)17-11-15-18(28-17)19(23-12-22-15)24-8-5-14(6-9-24)4-7-21-20(26)16-3-2-10-27-16;1-13(25)16-11-15-17(27-16)18(23-12-22-15)24-9-6-14(7-10-24)5-8-21-19(26)20(2,3)4;/h4-5,12-13,15H,3,6-11H2,1-2H3,(H,24,30)(H,25,31);2-3,10-12,14H,4-9H2,1H3,(H,21,26);11-12,14H,5-10H2,1-4H3,(H,21,26);1H4. The molecule has 0 bridgehead atoms. The molecule has 0 radical (unpaired) electrons. The SMILES string of the molecule is C.CC(=O)c1cc2ncnc(N3CCC(CCNC(=O)C(C)(C)C)CC3)c2s1.CC(=O)c1cc2ncnc(N3CCC(CCNC(=O)c4cccs4)CC3)c2s1.CCNC(=O)c1ccc(C(=O)NCCC2CCN(c3ncnc4cc(C(C)=O)sc34)CC2)s1. The zero-order chi connectivity index (χ0) is 62.5. The van der Waals surface area contributed by atoms with Crippen LogP contribution < -0.4 is 36.0 Å². The lowest BCUT2D eigenvalue weighted by Crippen LogP contribution is -2.38. The van der Waals surface area contributed by atoms with E-state index in [4.69, 9.17) is 0 Å². The number of nitrogens with zero attached hydrogens (tertiary/aromatic N) is 9. The van der Waals surface area contributed by atoms with E-state index >= 15 is 0 Å². The quantitative estimate of drug-likeness (QED) is 0.0549. The molecule has 0 saturated carbocycles. The van der Waals surface area contributed by atoms with Gasteiger partial charge in [-0.25, -0.2) is 29.9 Å². The van der Waals surface area contributed by atoms with Gasteiger partial charge >= 0.3 is 0 Å². The summed E-state index contributed by atoms with van der Waals surface area (Å²) in [5.41, 5.74) is 2.19. The zero-order valence-corrected chi connectivity index (χ0v) is 55.0. The van der Waals surface area contributed by atoms with Gasteiger partial charge in [-0.3, -0.25) is 33.6 Å². The third-order valence-corrected chi connectivity index (χ3v) is 21.6. The van der Waals surface area contributed by atoms with Crippen LogP contribution >= 0.6 is 56.7 Å². The van der Waals surface area contributed by atoms with Gasteiger partial charge in [0.2, 0.25) is 5.91 Å². The molecular formula is C64H81N13O7S5. The second-order valence-corrected chi connectivity index (χ2v) is 28.6. The summed E-state index contributed by atoms with van der Waals surface area (Å²) in [5, 5.41) is 13.7. The van der Waals surface area contributed by atoms with Crippen LogP contribution in [-0.2, 0) is 4.79 Å². The van der Waals surface area contributed by atoms with Crippen molar-refractivity contribution in [2.24, 2.45) is 23.2 Å². The first-order valence-corrected chi connectivity index (χ1v) is 34.2. The largest absolute Gasteiger partial charge is 0.356 e. The summed E-state index contributed by atoms with van der Waals surface area (Å²) in [6, 6.07) is 12.7. The second kappa shape index (κ2) is 31.5. The monoisotopic (exact) mass is 1300 g/mol. The number of ketones is 3. The molecule has 11 rings (SSSR count). The fraction of sp³-hybridized carbons (Fsp3) is 0.484. The number of rotatable bonds is 19. The van der Waals surface area contributed by atoms with E-state index < -0.39 is 0 Å². The van der Waals surface area contributed by atoms with E-state index in [9.17, 15) is 33.6 Å². The van der Waals surface area contributed by atoms with Crippen LogP contribution in [-0.4, -0.2) is 136 Å². The van der Waals surface area contributed by atoms with Crippen molar-refractivity contribution in [1.82, 2.24) is 51.2 Å². The number of hydrogen-bond donors (Lipinski definition) is 4. The van der Waals surface area contributed by atoms with Crippen LogP contribution in [0.5, 0.6) is 0 Å². The average Bonchev–Trinajstić information content (AvgIpc) is 2.19. The Morgan fingerprint density at radius 1 is 0.472 bits per heavy atom. The van der Waals surface area contributed by atoms with Crippen LogP contribution in [0.4, 0.5) is 17.5 Å². The number of piperidine rings is 3. The van der Waals surface area contributed by atoms with Crippen molar-refractivity contribution >= 4 is 146 Å². The molecule has 8 aromatic rings. The minimum absolute atomic E-state index is 0. The lowest BCUT2D eigenvalue weighted by molar-refractivity contribution is -0.128. The molecule has 25 heteroatoms. The van der Waals surface area contributed by atoms with Gasteiger partial charge in [-0.1, -0.05) is 34.3 Å². The highest BCUT2D eigenvalue weighted by atomic mass is 32.1. The van der Waals surface area contributed by atoms with Crippen molar-refractivity contribution in [2.45, 2.75) is 114 Å². The van der Waals surface area contributed by atoms with Gasteiger partial charge in [-0.05, 0) is 145 Å². The summed E-state index contributed by atoms with van der Waals surface area (Å²) >= 11 is 7.10. The van der Waals surface area contributed by atoms with Gasteiger partial charge in [0, 0.05) is 70.9 Å². The first-order valence-electron chi connectivity index (χ1n) is 30.1. The van der Waals surface area contributed by atoms with Crippen molar-refractivity contribution in [1.29, 1.82) is 0 Å². The molecular weight excluding hydrogens is 1220 g/mol. The molecule has 0 spiro atoms. The molecule has 3 saturated heterocycles. The Morgan fingerprint density at radius 2 is 0.820 bits per heavy atom. The summed E-state index contributed by atoms with van der Waals surface area (Å²) in [6.07, 6.45) is 14.0. The van der Waals surface area contributed by atoms with Crippen molar-refractivity contribution in [3.8, 4) is 0 Å². The number of nitrogens with one attached hydrogen (secondary N) is 4. The number of carbonyl (C=O) groups is 7. The molecule has 20 nitrogen and oxygen atoms in total. The third kappa shape index (κ3) is 17.8. The molecule has 0 aliphatic carbocycles. The first-order chi connectivity index (χ1) is 42.3. The van der Waals surface area contributed by atoms with Gasteiger partial charge in [0.1, 0.15) is 36.4 Å². The lowest BCUT2D eigenvalue weighted by Gasteiger charge is -2.33. The minimum atomic E-state index is -0.332. The van der Waals surface area contributed by atoms with Crippen LogP contribution in [0.1, 0.15) is 172 Å².